The molecule has 2 nitrogen and oxygen atoms in total. The largest absolute Gasteiger partial charge is 0.478 e. The molecule has 0 saturated carbocycles. The zero-order valence-corrected chi connectivity index (χ0v) is 11.5. The molecule has 0 rings (SSSR count). The van der Waals surface area contributed by atoms with Crippen molar-refractivity contribution in [2.45, 2.75) is 78.1 Å². The van der Waals surface area contributed by atoms with Crippen LogP contribution < -0.4 is 0 Å². The zero-order valence-electron chi connectivity index (χ0n) is 11.5. The fourth-order valence-electron chi connectivity index (χ4n) is 1.86. The number of rotatable bonds is 11. The summed E-state index contributed by atoms with van der Waals surface area (Å²) >= 11 is 0. The van der Waals surface area contributed by atoms with E-state index < -0.39 is 5.97 Å². The highest BCUT2D eigenvalue weighted by Gasteiger charge is 1.97. The number of allylic oxidation sites excluding steroid dienone is 1. The number of aliphatic carboxylic acids is 1. The Morgan fingerprint density at radius 2 is 1.41 bits per heavy atom. The monoisotopic (exact) mass is 240 g/mol. The van der Waals surface area contributed by atoms with Crippen molar-refractivity contribution in [2.24, 2.45) is 0 Å². The Kier molecular flexibility index (Phi) is 11.1. The number of hydrogen-bond donors (Lipinski definition) is 1. The van der Waals surface area contributed by atoms with E-state index >= 15 is 0 Å². The Bertz CT molecular complexity index is 219. The lowest BCUT2D eigenvalue weighted by Crippen LogP contribution is -1.95. The average molecular weight is 240 g/mol. The SMILES string of the molecule is CCCCCCCCCCC/C=C(/C)C(=O)O. The topological polar surface area (TPSA) is 37.3 Å². The van der Waals surface area contributed by atoms with E-state index in [1.54, 1.807) is 6.92 Å². The lowest BCUT2D eigenvalue weighted by Gasteiger charge is -2.00. The molecule has 2 heteroatoms. The smallest absolute Gasteiger partial charge is 0.330 e. The maximum Gasteiger partial charge on any atom is 0.330 e. The van der Waals surface area contributed by atoms with Crippen molar-refractivity contribution in [3.63, 3.8) is 0 Å². The second-order valence-electron chi connectivity index (χ2n) is 4.81. The van der Waals surface area contributed by atoms with Gasteiger partial charge in [-0.05, 0) is 19.8 Å². The highest BCUT2D eigenvalue weighted by atomic mass is 16.4. The van der Waals surface area contributed by atoms with E-state index in [9.17, 15) is 4.79 Å². The number of carboxylic acid groups (broad SMARTS) is 1. The molecular weight excluding hydrogens is 212 g/mol. The van der Waals surface area contributed by atoms with Crippen LogP contribution in [0.3, 0.4) is 0 Å². The van der Waals surface area contributed by atoms with Crippen molar-refractivity contribution in [1.82, 2.24) is 0 Å². The lowest BCUT2D eigenvalue weighted by atomic mass is 10.1. The minimum absolute atomic E-state index is 0.476. The molecule has 0 saturated heterocycles. The first kappa shape index (κ1) is 16.2. The van der Waals surface area contributed by atoms with Crippen LogP contribution in [0.5, 0.6) is 0 Å². The molecule has 0 spiro atoms. The Morgan fingerprint density at radius 1 is 0.941 bits per heavy atom. The van der Waals surface area contributed by atoms with Gasteiger partial charge >= 0.3 is 5.97 Å². The fraction of sp³-hybridized carbons (Fsp3) is 0.800. The van der Waals surface area contributed by atoms with Crippen molar-refractivity contribution in [3.8, 4) is 0 Å². The van der Waals surface area contributed by atoms with Crippen LogP contribution in [0.15, 0.2) is 11.6 Å². The van der Waals surface area contributed by atoms with Crippen LogP contribution in [0.2, 0.25) is 0 Å². The minimum Gasteiger partial charge on any atom is -0.478 e. The molecule has 1 N–H and O–H groups in total. The Labute approximate surface area is 106 Å². The number of hydrogen-bond acceptors (Lipinski definition) is 1. The quantitative estimate of drug-likeness (QED) is 0.410. The predicted molar refractivity (Wildman–Crippen MR) is 73.2 cm³/mol. The van der Waals surface area contributed by atoms with Gasteiger partial charge in [-0.1, -0.05) is 64.4 Å². The van der Waals surface area contributed by atoms with E-state index in [1.807, 2.05) is 6.08 Å². The van der Waals surface area contributed by atoms with Crippen molar-refractivity contribution in [1.29, 1.82) is 0 Å². The molecule has 0 amide bonds. The van der Waals surface area contributed by atoms with Crippen LogP contribution in [0.4, 0.5) is 0 Å². The molecule has 0 fully saturated rings. The normalized spacial score (nSPS) is 11.8. The van der Waals surface area contributed by atoms with E-state index in [0.717, 1.165) is 12.8 Å². The third kappa shape index (κ3) is 11.5. The molecular formula is C15H28O2. The van der Waals surface area contributed by atoms with Gasteiger partial charge in [0.15, 0.2) is 0 Å². The second kappa shape index (κ2) is 11.7. The summed E-state index contributed by atoms with van der Waals surface area (Å²) in [5.41, 5.74) is 0.476. The third-order valence-corrected chi connectivity index (χ3v) is 3.10. The van der Waals surface area contributed by atoms with Crippen molar-refractivity contribution >= 4 is 5.97 Å². The summed E-state index contributed by atoms with van der Waals surface area (Å²) in [6.07, 6.45) is 14.6. The molecule has 0 aliphatic carbocycles. The van der Waals surface area contributed by atoms with Gasteiger partial charge in [0.1, 0.15) is 0 Å². The molecule has 100 valence electrons. The van der Waals surface area contributed by atoms with Crippen molar-refractivity contribution in [2.75, 3.05) is 0 Å². The molecule has 0 aliphatic rings. The predicted octanol–water partition coefficient (Wildman–Crippen LogP) is 4.94. The van der Waals surface area contributed by atoms with Gasteiger partial charge in [0, 0.05) is 5.57 Å². The summed E-state index contributed by atoms with van der Waals surface area (Å²) in [6, 6.07) is 0. The molecule has 17 heavy (non-hydrogen) atoms. The maximum atomic E-state index is 10.5. The van der Waals surface area contributed by atoms with Gasteiger partial charge < -0.3 is 5.11 Å². The van der Waals surface area contributed by atoms with Gasteiger partial charge in [0.05, 0.1) is 0 Å². The molecule has 0 aromatic carbocycles. The molecule has 0 radical (unpaired) electrons. The highest BCUT2D eigenvalue weighted by Crippen LogP contribution is 2.11. The number of unbranched alkanes of at least 4 members (excludes halogenated alkanes) is 9. The lowest BCUT2D eigenvalue weighted by molar-refractivity contribution is -0.132. The van der Waals surface area contributed by atoms with Gasteiger partial charge in [-0.25, -0.2) is 4.79 Å². The van der Waals surface area contributed by atoms with Gasteiger partial charge in [-0.2, -0.15) is 0 Å². The molecule has 0 heterocycles. The van der Waals surface area contributed by atoms with Crippen molar-refractivity contribution < 1.29 is 9.90 Å². The van der Waals surface area contributed by atoms with E-state index in [1.165, 1.54) is 51.4 Å². The first-order valence-electron chi connectivity index (χ1n) is 7.08. The van der Waals surface area contributed by atoms with E-state index in [4.69, 9.17) is 5.11 Å². The standard InChI is InChI=1S/C15H28O2/c1-3-4-5-6-7-8-9-10-11-12-13-14(2)15(16)17/h13H,3-12H2,1-2H3,(H,16,17)/b14-13-. The number of carbonyl (C=O) groups is 1. The van der Waals surface area contributed by atoms with Gasteiger partial charge in [0.2, 0.25) is 0 Å². The Hall–Kier alpha value is -0.790. The summed E-state index contributed by atoms with van der Waals surface area (Å²) in [5.74, 6) is -0.791. The minimum atomic E-state index is -0.791. The van der Waals surface area contributed by atoms with Crippen molar-refractivity contribution in [3.05, 3.63) is 11.6 Å². The second-order valence-corrected chi connectivity index (χ2v) is 4.81. The molecule has 0 aliphatic heterocycles. The Balaban J connectivity index is 3.19. The van der Waals surface area contributed by atoms with E-state index in [-0.39, 0.29) is 0 Å². The molecule has 0 atom stereocenters. The fourth-order valence-corrected chi connectivity index (χ4v) is 1.86. The van der Waals surface area contributed by atoms with E-state index in [0.29, 0.717) is 5.57 Å². The van der Waals surface area contributed by atoms with Gasteiger partial charge in [0.25, 0.3) is 0 Å². The van der Waals surface area contributed by atoms with E-state index in [2.05, 4.69) is 6.92 Å². The summed E-state index contributed by atoms with van der Waals surface area (Å²) < 4.78 is 0. The molecule has 0 bridgehead atoms. The molecule has 0 aromatic heterocycles. The first-order chi connectivity index (χ1) is 8.18. The van der Waals surface area contributed by atoms with Crippen LogP contribution in [0, 0.1) is 0 Å². The van der Waals surface area contributed by atoms with Crippen LogP contribution >= 0.6 is 0 Å². The molecule has 0 aromatic rings. The van der Waals surface area contributed by atoms with Gasteiger partial charge in [-0.15, -0.1) is 0 Å². The Morgan fingerprint density at radius 3 is 1.88 bits per heavy atom. The van der Waals surface area contributed by atoms with Crippen LogP contribution in [-0.2, 0) is 4.79 Å². The summed E-state index contributed by atoms with van der Waals surface area (Å²) in [5, 5.41) is 8.66. The number of carboxylic acids is 1. The van der Waals surface area contributed by atoms with Gasteiger partial charge in [-0.3, -0.25) is 0 Å². The highest BCUT2D eigenvalue weighted by molar-refractivity contribution is 5.85. The maximum absolute atomic E-state index is 10.5. The third-order valence-electron chi connectivity index (χ3n) is 3.10. The summed E-state index contributed by atoms with van der Waals surface area (Å²) in [6.45, 7) is 3.91. The van der Waals surface area contributed by atoms with Crippen LogP contribution in [-0.4, -0.2) is 11.1 Å². The van der Waals surface area contributed by atoms with Crippen LogP contribution in [0.25, 0.3) is 0 Å². The first-order valence-corrected chi connectivity index (χ1v) is 7.08. The summed E-state index contributed by atoms with van der Waals surface area (Å²) in [7, 11) is 0. The average Bonchev–Trinajstić information content (AvgIpc) is 2.31. The summed E-state index contributed by atoms with van der Waals surface area (Å²) in [4.78, 5) is 10.5. The molecule has 0 unspecified atom stereocenters. The zero-order chi connectivity index (χ0) is 12.9. The van der Waals surface area contributed by atoms with Crippen LogP contribution in [0.1, 0.15) is 78.1 Å².